The van der Waals surface area contributed by atoms with Gasteiger partial charge in [0.2, 0.25) is 0 Å². The molecule has 0 rings (SSSR count). The molecule has 0 aromatic rings. The normalized spacial score (nSPS) is 11.5. The zero-order valence-corrected chi connectivity index (χ0v) is 51.7. The fourth-order valence-electron chi connectivity index (χ4n) is 11.0. The average molecular weight is 1090 g/mol. The number of aliphatic hydroxyl groups excluding tert-OH is 1. The lowest BCUT2D eigenvalue weighted by Gasteiger charge is -2.26. The van der Waals surface area contributed by atoms with E-state index in [0.717, 1.165) is 142 Å². The van der Waals surface area contributed by atoms with Gasteiger partial charge in [0.15, 0.2) is 11.7 Å². The molecule has 2 N–H and O–H groups in total. The molecule has 0 aliphatic carbocycles. The molecule has 77 heavy (non-hydrogen) atoms. The van der Waals surface area contributed by atoms with Gasteiger partial charge in [-0.1, -0.05) is 277 Å². The Balaban J connectivity index is 4.08. The van der Waals surface area contributed by atoms with Crippen LogP contribution in [0.1, 0.15) is 354 Å². The molecule has 0 aliphatic heterocycles. The van der Waals surface area contributed by atoms with Crippen LogP contribution in [0.4, 0.5) is 0 Å². The van der Waals surface area contributed by atoms with Crippen molar-refractivity contribution in [3.05, 3.63) is 5.76 Å². The number of allylic oxidation sites excluding steroid dienone is 1. The van der Waals surface area contributed by atoms with Gasteiger partial charge in [-0.3, -0.25) is 9.59 Å². The van der Waals surface area contributed by atoms with Crippen molar-refractivity contribution in [1.82, 2.24) is 9.80 Å². The summed E-state index contributed by atoms with van der Waals surface area (Å²) in [6.45, 7) is 11.9. The average Bonchev–Trinajstić information content (AvgIpc) is 3.42. The number of carbonyl (C=O) groups is 2. The molecule has 0 heterocycles. The lowest BCUT2D eigenvalue weighted by molar-refractivity contribution is -0.144. The molecule has 0 aromatic heterocycles. The summed E-state index contributed by atoms with van der Waals surface area (Å²) in [6, 6.07) is 0. The minimum Gasteiger partial charge on any atom is -0.487 e. The number of hydrogen-bond acceptors (Lipinski definition) is 8. The predicted octanol–water partition coefficient (Wildman–Crippen LogP) is 19.7. The number of carbonyl (C=O) groups excluding carboxylic acids is 2. The first-order valence-corrected chi connectivity index (χ1v) is 34.3. The Hall–Kier alpha value is -1.93. The van der Waals surface area contributed by atoms with Crippen molar-refractivity contribution in [3.63, 3.8) is 0 Å². The number of hydrogen-bond donors (Lipinski definition) is 2. The summed E-state index contributed by atoms with van der Waals surface area (Å²) in [5.74, 6) is 1.83. The van der Waals surface area contributed by atoms with E-state index in [1.807, 2.05) is 0 Å². The Morgan fingerprint density at radius 2 is 0.597 bits per heavy atom. The van der Waals surface area contributed by atoms with E-state index in [1.165, 1.54) is 212 Å². The highest BCUT2D eigenvalue weighted by Crippen LogP contribution is 2.18. The second kappa shape index (κ2) is 64.9. The largest absolute Gasteiger partial charge is 0.487 e. The van der Waals surface area contributed by atoms with Gasteiger partial charge in [-0.2, -0.15) is 0 Å². The number of unbranched alkanes of at least 4 members (excludes halogenated alkanes) is 44. The molecular formula is C68H132N2O7. The van der Waals surface area contributed by atoms with Gasteiger partial charge in [0.1, 0.15) is 0 Å². The second-order valence-corrected chi connectivity index (χ2v) is 23.6. The summed E-state index contributed by atoms with van der Waals surface area (Å²) in [7, 11) is 0. The highest BCUT2D eigenvalue weighted by molar-refractivity contribution is 5.69. The number of esters is 1. The maximum atomic E-state index is 12.4. The molecular weight excluding hydrogens is 957 g/mol. The fraction of sp³-hybridized carbons (Fsp3) is 0.941. The molecule has 0 amide bonds. The molecule has 9 nitrogen and oxygen atoms in total. The van der Waals surface area contributed by atoms with Gasteiger partial charge < -0.3 is 29.5 Å². The molecule has 9 heteroatoms. The van der Waals surface area contributed by atoms with Gasteiger partial charge in [-0.15, -0.1) is 0 Å². The van der Waals surface area contributed by atoms with Crippen molar-refractivity contribution >= 4 is 17.9 Å². The molecule has 0 radical (unpaired) electrons. The van der Waals surface area contributed by atoms with Crippen LogP contribution in [0, 0.1) is 0 Å². The van der Waals surface area contributed by atoms with E-state index in [-0.39, 0.29) is 19.0 Å². The fourth-order valence-corrected chi connectivity index (χ4v) is 11.0. The van der Waals surface area contributed by atoms with Crippen LogP contribution in [-0.2, 0) is 23.9 Å². The predicted molar refractivity (Wildman–Crippen MR) is 330 cm³/mol. The Morgan fingerprint density at radius 3 is 0.935 bits per heavy atom. The Morgan fingerprint density at radius 1 is 0.325 bits per heavy atom. The van der Waals surface area contributed by atoms with Crippen molar-refractivity contribution in [3.8, 4) is 0 Å². The first-order chi connectivity index (χ1) is 38.0. The SMILES string of the molecule is CCCCCCCCCCCCCCCCCCCCCCCCOC(=O)CCCCCCCN(CCCCCCCC(=O)O)CCCN(CCO)CCCCCCCC(=C=O)OCCCCCCCCCCCCCC. The first kappa shape index (κ1) is 75.1. The number of aliphatic hydroxyl groups is 1. The summed E-state index contributed by atoms with van der Waals surface area (Å²) in [5, 5.41) is 18.8. The zero-order chi connectivity index (χ0) is 55.8. The summed E-state index contributed by atoms with van der Waals surface area (Å²) in [6.07, 6.45) is 64.8. The Labute approximate surface area is 478 Å². The maximum absolute atomic E-state index is 12.4. The zero-order valence-electron chi connectivity index (χ0n) is 51.7. The third-order valence-corrected chi connectivity index (χ3v) is 16.1. The van der Waals surface area contributed by atoms with Crippen LogP contribution < -0.4 is 0 Å². The molecule has 0 unspecified atom stereocenters. The molecule has 0 fully saturated rings. The highest BCUT2D eigenvalue weighted by Gasteiger charge is 2.10. The third kappa shape index (κ3) is 61.5. The Bertz CT molecular complexity index is 1240. The van der Waals surface area contributed by atoms with Gasteiger partial charge in [0.25, 0.3) is 0 Å². The smallest absolute Gasteiger partial charge is 0.305 e. The molecule has 0 bridgehead atoms. The maximum Gasteiger partial charge on any atom is 0.305 e. The minimum absolute atomic E-state index is 0.0269. The summed E-state index contributed by atoms with van der Waals surface area (Å²) < 4.78 is 11.4. The molecule has 0 saturated carbocycles. The topological polar surface area (TPSA) is 117 Å². The molecule has 0 spiro atoms. The van der Waals surface area contributed by atoms with Crippen molar-refractivity contribution in [2.45, 2.75) is 354 Å². The van der Waals surface area contributed by atoms with E-state index in [1.54, 1.807) is 0 Å². The Kier molecular flexibility index (Phi) is 63.3. The summed E-state index contributed by atoms with van der Waals surface area (Å²) >= 11 is 0. The van der Waals surface area contributed by atoms with E-state index >= 15 is 0 Å². The van der Waals surface area contributed by atoms with E-state index in [0.29, 0.717) is 38.4 Å². The monoisotopic (exact) mass is 1090 g/mol. The van der Waals surface area contributed by atoms with Crippen LogP contribution in [-0.4, -0.2) is 97.0 Å². The van der Waals surface area contributed by atoms with E-state index < -0.39 is 5.97 Å². The number of aliphatic carboxylic acids is 1. The van der Waals surface area contributed by atoms with Gasteiger partial charge in [0.05, 0.1) is 19.8 Å². The molecule has 0 saturated heterocycles. The number of ether oxygens (including phenoxy) is 2. The quantitative estimate of drug-likeness (QED) is 0.0266. The van der Waals surface area contributed by atoms with Crippen LogP contribution in [0.25, 0.3) is 0 Å². The second-order valence-electron chi connectivity index (χ2n) is 23.6. The van der Waals surface area contributed by atoms with Crippen molar-refractivity contribution < 1.29 is 34.1 Å². The molecule has 456 valence electrons. The lowest BCUT2D eigenvalue weighted by atomic mass is 10.0. The van der Waals surface area contributed by atoms with E-state index in [2.05, 4.69) is 29.6 Å². The van der Waals surface area contributed by atoms with Crippen molar-refractivity contribution in [2.75, 3.05) is 59.1 Å². The minimum atomic E-state index is -0.698. The number of nitrogens with zero attached hydrogens (tertiary/aromatic N) is 2. The molecule has 0 aromatic carbocycles. The van der Waals surface area contributed by atoms with Crippen molar-refractivity contribution in [2.24, 2.45) is 0 Å². The third-order valence-electron chi connectivity index (χ3n) is 16.1. The van der Waals surface area contributed by atoms with Gasteiger partial charge in [-0.05, 0) is 90.5 Å². The number of rotatable bonds is 67. The number of carboxylic acid groups (broad SMARTS) is 1. The van der Waals surface area contributed by atoms with Crippen LogP contribution >= 0.6 is 0 Å². The van der Waals surface area contributed by atoms with E-state index in [9.17, 15) is 19.5 Å². The van der Waals surface area contributed by atoms with Gasteiger partial charge >= 0.3 is 11.9 Å². The van der Waals surface area contributed by atoms with E-state index in [4.69, 9.17) is 14.6 Å². The first-order valence-electron chi connectivity index (χ1n) is 34.3. The van der Waals surface area contributed by atoms with Crippen LogP contribution in [0.3, 0.4) is 0 Å². The summed E-state index contributed by atoms with van der Waals surface area (Å²) in [4.78, 5) is 39.8. The summed E-state index contributed by atoms with van der Waals surface area (Å²) in [5.41, 5.74) is 0. The molecule has 0 aliphatic rings. The highest BCUT2D eigenvalue weighted by atomic mass is 16.5. The number of carboxylic acids is 1. The molecule has 0 atom stereocenters. The lowest BCUT2D eigenvalue weighted by Crippen LogP contribution is -2.33. The van der Waals surface area contributed by atoms with Crippen LogP contribution in [0.15, 0.2) is 5.76 Å². The van der Waals surface area contributed by atoms with Crippen LogP contribution in [0.2, 0.25) is 0 Å². The van der Waals surface area contributed by atoms with Gasteiger partial charge in [-0.25, -0.2) is 4.79 Å². The standard InChI is InChI=1S/C68H132N2O7/c1-3-5-7-9-11-13-15-17-18-19-20-21-22-23-24-25-26-28-30-32-43-51-64-77-68(75)55-46-38-35-41-48-57-69(56-47-40-34-37-45-54-67(73)74)59-52-60-70(61-62-71)58-49-39-33-36-44-53-66(65-72)76-63-50-42-31-29-27-16-14-12-10-8-6-4-2/h71H,3-64H2,1-2H3,(H,73,74). The van der Waals surface area contributed by atoms with Crippen LogP contribution in [0.5, 0.6) is 0 Å². The van der Waals surface area contributed by atoms with Gasteiger partial charge in [0, 0.05) is 25.8 Å². The van der Waals surface area contributed by atoms with Crippen molar-refractivity contribution in [1.29, 1.82) is 0 Å².